The Morgan fingerprint density at radius 1 is 1.11 bits per heavy atom. The van der Waals surface area contributed by atoms with Crippen LogP contribution in [-0.4, -0.2) is 59.0 Å². The summed E-state index contributed by atoms with van der Waals surface area (Å²) >= 11 is 6.35. The Kier molecular flexibility index (Phi) is 8.89. The quantitative estimate of drug-likeness (QED) is 0.471. The van der Waals surface area contributed by atoms with Crippen LogP contribution in [0.4, 0.5) is 8.78 Å². The summed E-state index contributed by atoms with van der Waals surface area (Å²) in [5.41, 5.74) is 5.37. The lowest BCUT2D eigenvalue weighted by Crippen LogP contribution is -2.46. The highest BCUT2D eigenvalue weighted by atomic mass is 35.5. The average Bonchev–Trinajstić information content (AvgIpc) is 2.83. The number of carbonyl (C=O) groups excluding carboxylic acids is 2. The Hall–Kier alpha value is -3.63. The topological polar surface area (TPSA) is 126 Å². The molecule has 0 spiro atoms. The summed E-state index contributed by atoms with van der Waals surface area (Å²) in [6.07, 6.45) is 1.02. The number of nitrogens with one attached hydrogen (secondary N) is 1. The van der Waals surface area contributed by atoms with E-state index in [1.54, 1.807) is 23.1 Å². The first-order chi connectivity index (χ1) is 17.1. The van der Waals surface area contributed by atoms with Gasteiger partial charge in [-0.15, -0.1) is 0 Å². The maximum absolute atomic E-state index is 14.2. The van der Waals surface area contributed by atoms with Crippen LogP contribution in [0.2, 0.25) is 5.02 Å². The zero-order valence-corrected chi connectivity index (χ0v) is 20.2. The summed E-state index contributed by atoms with van der Waals surface area (Å²) in [7, 11) is 0. The third kappa shape index (κ3) is 6.32. The van der Waals surface area contributed by atoms with Gasteiger partial charge in [0, 0.05) is 49.1 Å². The molecule has 0 unspecified atom stereocenters. The monoisotopic (exact) mass is 518 g/mol. The lowest BCUT2D eigenvalue weighted by atomic mass is 10.0. The van der Waals surface area contributed by atoms with Crippen molar-refractivity contribution >= 4 is 40.3 Å². The fraction of sp³-hybridized carbons (Fsp3) is 0.280. The molecular formula is C25H25ClF2N4O4. The van der Waals surface area contributed by atoms with Gasteiger partial charge in [0.1, 0.15) is 17.2 Å². The van der Waals surface area contributed by atoms with Crippen LogP contribution in [-0.2, 0) is 4.79 Å². The van der Waals surface area contributed by atoms with E-state index < -0.39 is 29.1 Å². The predicted octanol–water partition coefficient (Wildman–Crippen LogP) is 3.85. The summed E-state index contributed by atoms with van der Waals surface area (Å²) in [5.74, 6) is -4.20. The van der Waals surface area contributed by atoms with E-state index in [0.717, 1.165) is 31.6 Å². The van der Waals surface area contributed by atoms with Crippen LogP contribution < -0.4 is 11.1 Å². The summed E-state index contributed by atoms with van der Waals surface area (Å²) in [5, 5.41) is 12.0. The van der Waals surface area contributed by atoms with E-state index in [0.29, 0.717) is 41.0 Å². The van der Waals surface area contributed by atoms with Crippen molar-refractivity contribution in [3.8, 4) is 11.3 Å². The number of pyridine rings is 1. The van der Waals surface area contributed by atoms with Gasteiger partial charge in [0.2, 0.25) is 0 Å². The number of nitrogens with two attached hydrogens (primary N) is 1. The van der Waals surface area contributed by atoms with E-state index in [1.165, 1.54) is 6.07 Å². The number of rotatable bonds is 5. The van der Waals surface area contributed by atoms with Crippen LogP contribution in [0.25, 0.3) is 22.2 Å². The standard InChI is InChI=1S/C21H17ClF2N4O2.C4H8O2/c22-14-10-17(12-7-15(23)19(20(25)29)16(24)8-12)27-18-9-11(1-2-13(14)18)21(30)28-5-3-26-4-6-28;1-2-3-4(5)6/h1-2,7-10,26H,3-6H2,(H2,25,29);2-3H2,1H3,(H,5,6). The molecule has 4 rings (SSSR count). The number of aromatic nitrogens is 1. The number of carboxylic acid groups (broad SMARTS) is 1. The van der Waals surface area contributed by atoms with Gasteiger partial charge < -0.3 is 21.1 Å². The summed E-state index contributed by atoms with van der Waals surface area (Å²) < 4.78 is 28.4. The molecule has 3 aromatic rings. The van der Waals surface area contributed by atoms with Crippen LogP contribution >= 0.6 is 11.6 Å². The number of piperazine rings is 1. The molecule has 36 heavy (non-hydrogen) atoms. The lowest BCUT2D eigenvalue weighted by Gasteiger charge is -2.27. The minimum absolute atomic E-state index is 0.0950. The van der Waals surface area contributed by atoms with Crippen molar-refractivity contribution in [2.75, 3.05) is 26.2 Å². The van der Waals surface area contributed by atoms with Gasteiger partial charge in [-0.1, -0.05) is 24.6 Å². The molecule has 0 radical (unpaired) electrons. The first kappa shape index (κ1) is 27.0. The van der Waals surface area contributed by atoms with Crippen molar-refractivity contribution in [2.24, 2.45) is 5.73 Å². The molecule has 4 N–H and O–H groups in total. The molecule has 2 heterocycles. The Bertz CT molecular complexity index is 1290. The van der Waals surface area contributed by atoms with Crippen molar-refractivity contribution in [3.05, 3.63) is 64.2 Å². The molecular weight excluding hydrogens is 494 g/mol. The van der Waals surface area contributed by atoms with E-state index in [9.17, 15) is 23.2 Å². The van der Waals surface area contributed by atoms with Crippen molar-refractivity contribution in [1.82, 2.24) is 15.2 Å². The molecule has 1 fully saturated rings. The van der Waals surface area contributed by atoms with Gasteiger partial charge in [0.25, 0.3) is 11.8 Å². The van der Waals surface area contributed by atoms with Crippen molar-refractivity contribution in [3.63, 3.8) is 0 Å². The Morgan fingerprint density at radius 3 is 2.28 bits per heavy atom. The molecule has 0 bridgehead atoms. The van der Waals surface area contributed by atoms with Crippen LogP contribution in [0.1, 0.15) is 40.5 Å². The smallest absolute Gasteiger partial charge is 0.303 e. The third-order valence-electron chi connectivity index (χ3n) is 5.46. The second kappa shape index (κ2) is 11.9. The second-order valence-electron chi connectivity index (χ2n) is 8.09. The Labute approximate surface area is 211 Å². The van der Waals surface area contributed by atoms with E-state index in [-0.39, 0.29) is 17.2 Å². The van der Waals surface area contributed by atoms with E-state index in [2.05, 4.69) is 10.3 Å². The highest BCUT2D eigenvalue weighted by molar-refractivity contribution is 6.35. The van der Waals surface area contributed by atoms with Crippen LogP contribution in [0.3, 0.4) is 0 Å². The van der Waals surface area contributed by atoms with Gasteiger partial charge in [-0.25, -0.2) is 13.8 Å². The number of carboxylic acids is 1. The van der Waals surface area contributed by atoms with Crippen molar-refractivity contribution in [2.45, 2.75) is 19.8 Å². The second-order valence-corrected chi connectivity index (χ2v) is 8.49. The van der Waals surface area contributed by atoms with Gasteiger partial charge in [-0.2, -0.15) is 0 Å². The number of hydrogen-bond acceptors (Lipinski definition) is 5. The minimum atomic E-state index is -1.20. The molecule has 0 aliphatic carbocycles. The van der Waals surface area contributed by atoms with Crippen LogP contribution in [0.5, 0.6) is 0 Å². The number of halogens is 3. The van der Waals surface area contributed by atoms with E-state index >= 15 is 0 Å². The van der Waals surface area contributed by atoms with Gasteiger partial charge in [0.05, 0.1) is 16.2 Å². The molecule has 8 nitrogen and oxygen atoms in total. The first-order valence-electron chi connectivity index (χ1n) is 11.2. The third-order valence-corrected chi connectivity index (χ3v) is 5.77. The number of benzene rings is 2. The number of carbonyl (C=O) groups is 3. The van der Waals surface area contributed by atoms with E-state index in [1.807, 2.05) is 6.92 Å². The zero-order valence-electron chi connectivity index (χ0n) is 19.5. The minimum Gasteiger partial charge on any atom is -0.481 e. The normalized spacial score (nSPS) is 13.2. The Morgan fingerprint density at radius 2 is 1.75 bits per heavy atom. The molecule has 11 heteroatoms. The molecule has 2 aromatic carbocycles. The van der Waals surface area contributed by atoms with Gasteiger partial charge in [-0.3, -0.25) is 14.4 Å². The molecule has 1 saturated heterocycles. The number of hydrogen-bond donors (Lipinski definition) is 3. The Balaban J connectivity index is 0.000000538. The fourth-order valence-corrected chi connectivity index (χ4v) is 3.95. The highest BCUT2D eigenvalue weighted by Crippen LogP contribution is 2.30. The van der Waals surface area contributed by atoms with Crippen LogP contribution in [0.15, 0.2) is 36.4 Å². The largest absolute Gasteiger partial charge is 0.481 e. The predicted molar refractivity (Wildman–Crippen MR) is 132 cm³/mol. The summed E-state index contributed by atoms with van der Waals surface area (Å²) in [6, 6.07) is 8.41. The van der Waals surface area contributed by atoms with Crippen LogP contribution in [0, 0.1) is 11.6 Å². The average molecular weight is 519 g/mol. The molecule has 190 valence electrons. The molecule has 0 saturated carbocycles. The maximum atomic E-state index is 14.2. The number of amides is 2. The molecule has 1 aromatic heterocycles. The van der Waals surface area contributed by atoms with Gasteiger partial charge in [0.15, 0.2) is 0 Å². The van der Waals surface area contributed by atoms with Crippen molar-refractivity contribution in [1.29, 1.82) is 0 Å². The maximum Gasteiger partial charge on any atom is 0.303 e. The lowest BCUT2D eigenvalue weighted by molar-refractivity contribution is -0.137. The van der Waals surface area contributed by atoms with Crippen molar-refractivity contribution < 1.29 is 28.3 Å². The molecule has 0 atom stereocenters. The first-order valence-corrected chi connectivity index (χ1v) is 11.6. The number of aliphatic carboxylic acids is 1. The zero-order chi connectivity index (χ0) is 26.4. The summed E-state index contributed by atoms with van der Waals surface area (Å²) in [6.45, 7) is 4.51. The van der Waals surface area contributed by atoms with E-state index in [4.69, 9.17) is 22.4 Å². The number of nitrogens with zero attached hydrogens (tertiary/aromatic N) is 2. The van der Waals surface area contributed by atoms with Gasteiger partial charge in [-0.05, 0) is 36.8 Å². The molecule has 2 amide bonds. The molecule has 1 aliphatic heterocycles. The fourth-order valence-electron chi connectivity index (χ4n) is 3.69. The highest BCUT2D eigenvalue weighted by Gasteiger charge is 2.20. The summed E-state index contributed by atoms with van der Waals surface area (Å²) in [4.78, 5) is 39.8. The molecule has 1 aliphatic rings. The SMILES string of the molecule is CCCC(=O)O.NC(=O)c1c(F)cc(-c2cc(Cl)c3ccc(C(=O)N4CCNCC4)cc3n2)cc1F. The number of primary amides is 1. The van der Waals surface area contributed by atoms with Gasteiger partial charge >= 0.3 is 5.97 Å². The number of fused-ring (bicyclic) bond motifs is 1.